The molecule has 0 unspecified atom stereocenters. The first kappa shape index (κ1) is 12.1. The molecule has 0 saturated carbocycles. The molecule has 1 aromatic rings. The van der Waals surface area contributed by atoms with Gasteiger partial charge >= 0.3 is 0 Å². The third-order valence-electron chi connectivity index (χ3n) is 1.62. The molecule has 15 heavy (non-hydrogen) atoms. The molecule has 5 nitrogen and oxygen atoms in total. The van der Waals surface area contributed by atoms with Crippen LogP contribution in [0.1, 0.15) is 0 Å². The average Bonchev–Trinajstić information content (AvgIpc) is 2.18. The fourth-order valence-electron chi connectivity index (χ4n) is 0.918. The van der Waals surface area contributed by atoms with Crippen molar-refractivity contribution in [1.29, 1.82) is 0 Å². The van der Waals surface area contributed by atoms with Crippen LogP contribution in [-0.2, 0) is 10.0 Å². The molecule has 84 valence electrons. The first-order valence-electron chi connectivity index (χ1n) is 4.14. The Morgan fingerprint density at radius 2 is 2.13 bits per heavy atom. The van der Waals surface area contributed by atoms with E-state index in [1.807, 2.05) is 19.0 Å². The largest absolute Gasteiger partial charge is 0.363 e. The normalized spacial score (nSPS) is 11.1. The van der Waals surface area contributed by atoms with Crippen LogP contribution in [0.5, 0.6) is 0 Å². The van der Waals surface area contributed by atoms with E-state index in [1.54, 1.807) is 12.1 Å². The predicted molar refractivity (Wildman–Crippen MR) is 61.8 cm³/mol. The van der Waals surface area contributed by atoms with Gasteiger partial charge in [0, 0.05) is 14.1 Å². The van der Waals surface area contributed by atoms with Crippen molar-refractivity contribution in [3.05, 3.63) is 18.3 Å². The Hall–Kier alpha value is -1.01. The van der Waals surface area contributed by atoms with Gasteiger partial charge in [-0.25, -0.2) is 13.4 Å². The number of anilines is 2. The average molecular weight is 250 g/mol. The molecule has 0 bridgehead atoms. The number of hydrogen-bond donors (Lipinski definition) is 1. The van der Waals surface area contributed by atoms with E-state index in [9.17, 15) is 8.42 Å². The van der Waals surface area contributed by atoms with Crippen LogP contribution in [0.2, 0.25) is 0 Å². The topological polar surface area (TPSA) is 62.3 Å². The number of rotatable bonds is 4. The SMILES string of the molecule is CN(C)c1ccc(NS(=O)(=O)CCl)cn1. The lowest BCUT2D eigenvalue weighted by Crippen LogP contribution is -2.14. The van der Waals surface area contributed by atoms with Gasteiger partial charge in [-0.2, -0.15) is 0 Å². The Labute approximate surface area is 94.1 Å². The number of nitrogens with zero attached hydrogens (tertiary/aromatic N) is 2. The Kier molecular flexibility index (Phi) is 3.76. The van der Waals surface area contributed by atoms with Gasteiger partial charge in [0.2, 0.25) is 10.0 Å². The van der Waals surface area contributed by atoms with Gasteiger partial charge in [0.15, 0.2) is 0 Å². The van der Waals surface area contributed by atoms with Gasteiger partial charge in [0.25, 0.3) is 0 Å². The first-order valence-corrected chi connectivity index (χ1v) is 6.33. The van der Waals surface area contributed by atoms with E-state index in [-0.39, 0.29) is 0 Å². The molecular formula is C8H12ClN3O2S. The minimum absolute atomic E-state index is 0.404. The summed E-state index contributed by atoms with van der Waals surface area (Å²) in [4.78, 5) is 5.87. The number of sulfonamides is 1. The lowest BCUT2D eigenvalue weighted by atomic mass is 10.4. The third-order valence-corrected chi connectivity index (χ3v) is 3.32. The van der Waals surface area contributed by atoms with Crippen molar-refractivity contribution in [2.24, 2.45) is 0 Å². The molecule has 1 aromatic heterocycles. The molecule has 0 spiro atoms. The fourth-order valence-corrected chi connectivity index (χ4v) is 1.62. The molecular weight excluding hydrogens is 238 g/mol. The Morgan fingerprint density at radius 3 is 2.53 bits per heavy atom. The fraction of sp³-hybridized carbons (Fsp3) is 0.375. The summed E-state index contributed by atoms with van der Waals surface area (Å²) < 4.78 is 24.5. The van der Waals surface area contributed by atoms with Crippen LogP contribution in [0.4, 0.5) is 11.5 Å². The quantitative estimate of drug-likeness (QED) is 0.812. The second-order valence-electron chi connectivity index (χ2n) is 3.13. The maximum atomic E-state index is 11.1. The van der Waals surface area contributed by atoms with Crippen molar-refractivity contribution in [2.45, 2.75) is 0 Å². The van der Waals surface area contributed by atoms with Crippen molar-refractivity contribution in [3.8, 4) is 0 Å². The Balaban J connectivity index is 2.82. The van der Waals surface area contributed by atoms with E-state index in [0.717, 1.165) is 5.82 Å². The van der Waals surface area contributed by atoms with Gasteiger partial charge in [-0.05, 0) is 12.1 Å². The molecule has 1 N–H and O–H groups in total. The molecule has 1 rings (SSSR count). The number of nitrogens with one attached hydrogen (secondary N) is 1. The summed E-state index contributed by atoms with van der Waals surface area (Å²) in [5.41, 5.74) is 0.404. The zero-order valence-electron chi connectivity index (χ0n) is 8.44. The van der Waals surface area contributed by atoms with Crippen LogP contribution in [0.15, 0.2) is 18.3 Å². The van der Waals surface area contributed by atoms with Crippen LogP contribution in [-0.4, -0.2) is 32.7 Å². The number of pyridine rings is 1. The van der Waals surface area contributed by atoms with E-state index in [0.29, 0.717) is 5.69 Å². The van der Waals surface area contributed by atoms with E-state index < -0.39 is 15.2 Å². The summed E-state index contributed by atoms with van der Waals surface area (Å²) in [6.07, 6.45) is 1.44. The second kappa shape index (κ2) is 4.67. The standard InChI is InChI=1S/C8H12ClN3O2S/c1-12(2)8-4-3-7(5-10-8)11-15(13,14)6-9/h3-5,11H,6H2,1-2H3. The molecule has 7 heteroatoms. The number of hydrogen-bond acceptors (Lipinski definition) is 4. The summed E-state index contributed by atoms with van der Waals surface area (Å²) in [7, 11) is 0.260. The van der Waals surface area contributed by atoms with E-state index in [1.165, 1.54) is 6.20 Å². The first-order chi connectivity index (χ1) is 6.94. The highest BCUT2D eigenvalue weighted by Crippen LogP contribution is 2.13. The second-order valence-corrected chi connectivity index (χ2v) is 5.43. The Morgan fingerprint density at radius 1 is 1.47 bits per heavy atom. The molecule has 1 heterocycles. The lowest BCUT2D eigenvalue weighted by Gasteiger charge is -2.11. The smallest absolute Gasteiger partial charge is 0.246 e. The molecule has 0 saturated heterocycles. The van der Waals surface area contributed by atoms with Crippen molar-refractivity contribution >= 4 is 33.1 Å². The molecule has 0 aliphatic rings. The molecule has 0 amide bonds. The molecule has 0 atom stereocenters. The van der Waals surface area contributed by atoms with E-state index in [4.69, 9.17) is 11.6 Å². The zero-order valence-corrected chi connectivity index (χ0v) is 10.0. The molecule has 0 aliphatic heterocycles. The van der Waals surface area contributed by atoms with E-state index >= 15 is 0 Å². The highest BCUT2D eigenvalue weighted by Gasteiger charge is 2.08. The van der Waals surface area contributed by atoms with Gasteiger partial charge in [-0.1, -0.05) is 0 Å². The number of halogens is 1. The van der Waals surface area contributed by atoms with Crippen molar-refractivity contribution in [3.63, 3.8) is 0 Å². The molecule has 0 aromatic carbocycles. The number of alkyl halides is 1. The van der Waals surface area contributed by atoms with Gasteiger partial charge in [-0.15, -0.1) is 11.6 Å². The monoisotopic (exact) mass is 249 g/mol. The lowest BCUT2D eigenvalue weighted by molar-refractivity contribution is 0.605. The summed E-state index contributed by atoms with van der Waals surface area (Å²) in [5, 5.41) is -0.470. The predicted octanol–water partition coefficient (Wildman–Crippen LogP) is 1.09. The van der Waals surface area contributed by atoms with Crippen LogP contribution < -0.4 is 9.62 Å². The zero-order chi connectivity index (χ0) is 11.5. The number of aromatic nitrogens is 1. The summed E-state index contributed by atoms with van der Waals surface area (Å²) in [6.45, 7) is 0. The van der Waals surface area contributed by atoms with Crippen LogP contribution in [0, 0.1) is 0 Å². The molecule has 0 fully saturated rings. The molecule has 0 radical (unpaired) electrons. The van der Waals surface area contributed by atoms with Gasteiger partial charge < -0.3 is 4.90 Å². The maximum absolute atomic E-state index is 11.1. The van der Waals surface area contributed by atoms with Gasteiger partial charge in [-0.3, -0.25) is 4.72 Å². The maximum Gasteiger partial charge on any atom is 0.246 e. The minimum atomic E-state index is -3.44. The highest BCUT2D eigenvalue weighted by molar-refractivity contribution is 7.93. The van der Waals surface area contributed by atoms with E-state index in [2.05, 4.69) is 9.71 Å². The molecule has 0 aliphatic carbocycles. The summed E-state index contributed by atoms with van der Waals surface area (Å²) in [6, 6.07) is 3.35. The summed E-state index contributed by atoms with van der Waals surface area (Å²) >= 11 is 5.25. The highest BCUT2D eigenvalue weighted by atomic mass is 35.5. The van der Waals surface area contributed by atoms with Crippen molar-refractivity contribution in [2.75, 3.05) is 28.9 Å². The third kappa shape index (κ3) is 3.56. The van der Waals surface area contributed by atoms with Crippen molar-refractivity contribution in [1.82, 2.24) is 4.98 Å². The van der Waals surface area contributed by atoms with Crippen LogP contribution >= 0.6 is 11.6 Å². The summed E-state index contributed by atoms with van der Waals surface area (Å²) in [5.74, 6) is 0.754. The van der Waals surface area contributed by atoms with Gasteiger partial charge in [0.05, 0.1) is 11.9 Å². The van der Waals surface area contributed by atoms with Crippen molar-refractivity contribution < 1.29 is 8.42 Å². The van der Waals surface area contributed by atoms with Crippen LogP contribution in [0.25, 0.3) is 0 Å². The Bertz CT molecular complexity index is 416. The van der Waals surface area contributed by atoms with Gasteiger partial charge in [0.1, 0.15) is 11.0 Å². The minimum Gasteiger partial charge on any atom is -0.363 e. The van der Waals surface area contributed by atoms with Crippen LogP contribution in [0.3, 0.4) is 0 Å².